The fourth-order valence-electron chi connectivity index (χ4n) is 2.81. The molecule has 2 aliphatic heterocycles. The van der Waals surface area contributed by atoms with E-state index in [9.17, 15) is 0 Å². The minimum Gasteiger partial charge on any atom is -0.370 e. The average molecular weight is 323 g/mol. The molecule has 0 radical (unpaired) electrons. The summed E-state index contributed by atoms with van der Waals surface area (Å²) in [6.07, 6.45) is 4.00. The summed E-state index contributed by atoms with van der Waals surface area (Å²) < 4.78 is 31.6. The number of nitrogens with two attached hydrogens (primary N) is 2. The molecule has 10 heteroatoms. The van der Waals surface area contributed by atoms with Crippen molar-refractivity contribution in [2.45, 2.75) is 25.3 Å². The lowest BCUT2D eigenvalue weighted by Gasteiger charge is -2.24. The molecule has 2 heterocycles. The predicted octanol–water partition coefficient (Wildman–Crippen LogP) is -1.22. The van der Waals surface area contributed by atoms with Crippen molar-refractivity contribution in [2.24, 2.45) is 16.5 Å². The summed E-state index contributed by atoms with van der Waals surface area (Å²) in [6.45, 7) is 6.67. The first-order chi connectivity index (χ1) is 9.75. The summed E-state index contributed by atoms with van der Waals surface area (Å²) in [4.78, 5) is 9.19. The van der Waals surface area contributed by atoms with Crippen LogP contribution >= 0.6 is 0 Å². The first kappa shape index (κ1) is 18.1. The molecule has 1 unspecified atom stereocenters. The van der Waals surface area contributed by atoms with Crippen LogP contribution in [0.1, 0.15) is 19.3 Å². The van der Waals surface area contributed by atoms with Gasteiger partial charge in [-0.2, -0.15) is 8.42 Å². The second kappa shape index (κ2) is 8.49. The van der Waals surface area contributed by atoms with Crippen molar-refractivity contribution >= 4 is 16.4 Å². The van der Waals surface area contributed by atoms with E-state index in [4.69, 9.17) is 29.0 Å². The molecule has 0 saturated carbocycles. The van der Waals surface area contributed by atoms with Crippen LogP contribution in [0, 0.1) is 0 Å². The summed E-state index contributed by atoms with van der Waals surface area (Å²) in [5, 5.41) is 0. The molecule has 6 N–H and O–H groups in total. The lowest BCUT2D eigenvalue weighted by molar-refractivity contribution is 0.223. The molecule has 2 saturated heterocycles. The third kappa shape index (κ3) is 8.83. The van der Waals surface area contributed by atoms with Gasteiger partial charge < -0.3 is 11.5 Å². The number of hydrogen-bond acceptors (Lipinski definition) is 5. The Bertz CT molecular complexity index is 430. The lowest BCUT2D eigenvalue weighted by atomic mass is 10.2. The molecule has 0 aromatic rings. The van der Waals surface area contributed by atoms with Gasteiger partial charge in [0.25, 0.3) is 0 Å². The maximum Gasteiger partial charge on any atom is 0.394 e. The average Bonchev–Trinajstić information content (AvgIpc) is 2.65. The number of nitrogens with zero attached hydrogens (tertiary/aromatic N) is 3. The SMILES string of the molecule is NC(N)=NCCN1CCCN2CCCC2C1.O=S(=O)(O)O. The summed E-state index contributed by atoms with van der Waals surface area (Å²) in [5.41, 5.74) is 10.7. The zero-order valence-corrected chi connectivity index (χ0v) is 12.9. The number of hydrogen-bond donors (Lipinski definition) is 4. The predicted molar refractivity (Wildman–Crippen MR) is 80.5 cm³/mol. The molecule has 0 bridgehead atoms. The van der Waals surface area contributed by atoms with Crippen LogP contribution in [0.3, 0.4) is 0 Å². The minimum absolute atomic E-state index is 0.206. The van der Waals surface area contributed by atoms with E-state index in [0.717, 1.165) is 19.1 Å². The number of fused-ring (bicyclic) bond motifs is 1. The Hall–Kier alpha value is -0.940. The van der Waals surface area contributed by atoms with E-state index in [1.807, 2.05) is 0 Å². The van der Waals surface area contributed by atoms with Crippen LogP contribution in [0.5, 0.6) is 0 Å². The molecule has 21 heavy (non-hydrogen) atoms. The van der Waals surface area contributed by atoms with Crippen molar-refractivity contribution in [1.29, 1.82) is 0 Å². The highest BCUT2D eigenvalue weighted by molar-refractivity contribution is 7.79. The van der Waals surface area contributed by atoms with Crippen LogP contribution in [0.4, 0.5) is 0 Å². The molecule has 0 aliphatic carbocycles. The summed E-state index contributed by atoms with van der Waals surface area (Å²) in [5.74, 6) is 0.206. The van der Waals surface area contributed by atoms with Crippen molar-refractivity contribution in [1.82, 2.24) is 9.80 Å². The lowest BCUT2D eigenvalue weighted by Crippen LogP contribution is -2.37. The van der Waals surface area contributed by atoms with Gasteiger partial charge >= 0.3 is 10.4 Å². The van der Waals surface area contributed by atoms with Gasteiger partial charge in [0.05, 0.1) is 6.54 Å². The van der Waals surface area contributed by atoms with Gasteiger partial charge in [0, 0.05) is 19.1 Å². The zero-order valence-electron chi connectivity index (χ0n) is 12.1. The van der Waals surface area contributed by atoms with Crippen molar-refractivity contribution in [2.75, 3.05) is 39.3 Å². The number of rotatable bonds is 3. The molecule has 0 spiro atoms. The highest BCUT2D eigenvalue weighted by Crippen LogP contribution is 2.20. The van der Waals surface area contributed by atoms with E-state index >= 15 is 0 Å². The molecular formula is C11H25N5O4S. The van der Waals surface area contributed by atoms with Gasteiger partial charge in [-0.15, -0.1) is 0 Å². The van der Waals surface area contributed by atoms with Crippen molar-refractivity contribution in [3.8, 4) is 0 Å². The molecule has 2 aliphatic rings. The van der Waals surface area contributed by atoms with Gasteiger partial charge in [-0.3, -0.25) is 23.9 Å². The van der Waals surface area contributed by atoms with Gasteiger partial charge in [-0.05, 0) is 38.9 Å². The molecule has 2 rings (SSSR count). The van der Waals surface area contributed by atoms with E-state index in [1.165, 1.54) is 45.4 Å². The van der Waals surface area contributed by atoms with Crippen molar-refractivity contribution in [3.63, 3.8) is 0 Å². The second-order valence-electron chi connectivity index (χ2n) is 5.24. The van der Waals surface area contributed by atoms with Crippen LogP contribution in [-0.2, 0) is 10.4 Å². The van der Waals surface area contributed by atoms with Crippen LogP contribution in [0.2, 0.25) is 0 Å². The van der Waals surface area contributed by atoms with E-state index in [1.54, 1.807) is 0 Å². The van der Waals surface area contributed by atoms with Crippen LogP contribution in [0.15, 0.2) is 4.99 Å². The third-order valence-corrected chi connectivity index (χ3v) is 3.60. The van der Waals surface area contributed by atoms with Crippen molar-refractivity contribution < 1.29 is 17.5 Å². The molecule has 0 aromatic carbocycles. The molecule has 9 nitrogen and oxygen atoms in total. The zero-order chi connectivity index (χ0) is 15.9. The molecule has 0 amide bonds. The van der Waals surface area contributed by atoms with Gasteiger partial charge in [0.1, 0.15) is 0 Å². The Balaban J connectivity index is 0.000000383. The van der Waals surface area contributed by atoms with Gasteiger partial charge in [-0.25, -0.2) is 0 Å². The second-order valence-corrected chi connectivity index (χ2v) is 6.14. The third-order valence-electron chi connectivity index (χ3n) is 3.60. The summed E-state index contributed by atoms with van der Waals surface area (Å²) >= 11 is 0. The quantitative estimate of drug-likeness (QED) is 0.287. The van der Waals surface area contributed by atoms with Gasteiger partial charge in [0.15, 0.2) is 5.96 Å². The monoisotopic (exact) mass is 323 g/mol. The summed E-state index contributed by atoms with van der Waals surface area (Å²) in [6, 6.07) is 0.779. The molecular weight excluding hydrogens is 298 g/mol. The van der Waals surface area contributed by atoms with E-state index in [-0.39, 0.29) is 5.96 Å². The maximum absolute atomic E-state index is 8.74. The number of guanidine groups is 1. The Morgan fingerprint density at radius 3 is 2.43 bits per heavy atom. The van der Waals surface area contributed by atoms with Gasteiger partial charge in [0.2, 0.25) is 0 Å². The maximum atomic E-state index is 8.74. The first-order valence-electron chi connectivity index (χ1n) is 6.97. The Morgan fingerprint density at radius 2 is 1.81 bits per heavy atom. The van der Waals surface area contributed by atoms with E-state index in [0.29, 0.717) is 0 Å². The molecule has 2 fully saturated rings. The first-order valence-corrected chi connectivity index (χ1v) is 8.37. The largest absolute Gasteiger partial charge is 0.394 e. The molecule has 124 valence electrons. The standard InChI is InChI=1S/C11H23N5.H2O4S/c12-11(13)14-4-8-15-5-2-7-16-6-1-3-10(16)9-15;1-5(2,3)4/h10H,1-9H2,(H4,12,13,14);(H2,1,2,3,4). The molecule has 0 aromatic heterocycles. The van der Waals surface area contributed by atoms with Crippen LogP contribution in [-0.4, -0.2) is 78.6 Å². The highest BCUT2D eigenvalue weighted by atomic mass is 32.3. The topological polar surface area (TPSA) is 145 Å². The Kier molecular flexibility index (Phi) is 7.32. The molecule has 1 atom stereocenters. The number of aliphatic imine (C=N–C) groups is 1. The fraction of sp³-hybridized carbons (Fsp3) is 0.909. The Labute approximate surface area is 125 Å². The van der Waals surface area contributed by atoms with Crippen molar-refractivity contribution in [3.05, 3.63) is 0 Å². The fourth-order valence-corrected chi connectivity index (χ4v) is 2.81. The summed E-state index contributed by atoms with van der Waals surface area (Å²) in [7, 11) is -4.67. The highest BCUT2D eigenvalue weighted by Gasteiger charge is 2.28. The van der Waals surface area contributed by atoms with Gasteiger partial charge in [-0.1, -0.05) is 0 Å². The Morgan fingerprint density at radius 1 is 1.19 bits per heavy atom. The van der Waals surface area contributed by atoms with Crippen LogP contribution < -0.4 is 11.5 Å². The normalized spacial score (nSPS) is 23.6. The smallest absolute Gasteiger partial charge is 0.370 e. The van der Waals surface area contributed by atoms with E-state index < -0.39 is 10.4 Å². The minimum atomic E-state index is -4.67. The van der Waals surface area contributed by atoms with E-state index in [2.05, 4.69) is 14.8 Å². The van der Waals surface area contributed by atoms with Crippen LogP contribution in [0.25, 0.3) is 0 Å².